The highest BCUT2D eigenvalue weighted by atomic mass is 35.5. The maximum Gasteiger partial charge on any atom is 0.303 e. The van der Waals surface area contributed by atoms with Crippen LogP contribution in [0, 0.1) is 6.92 Å². The van der Waals surface area contributed by atoms with Crippen LogP contribution in [0.15, 0.2) is 5.38 Å². The first kappa shape index (κ1) is 13.3. The number of carboxylic acid groups (broad SMARTS) is 1. The summed E-state index contributed by atoms with van der Waals surface area (Å²) in [5, 5.41) is 14.3. The van der Waals surface area contributed by atoms with Crippen molar-refractivity contribution in [1.29, 1.82) is 0 Å². The van der Waals surface area contributed by atoms with Gasteiger partial charge in [-0.05, 0) is 19.9 Å². The van der Waals surface area contributed by atoms with Crippen LogP contribution in [0.4, 0.5) is 0 Å². The summed E-state index contributed by atoms with van der Waals surface area (Å²) in [4.78, 5) is 15.5. The molecule has 5 nitrogen and oxygen atoms in total. The maximum absolute atomic E-state index is 10.4. The predicted octanol–water partition coefficient (Wildman–Crippen LogP) is 2.31. The first-order valence-corrected chi connectivity index (χ1v) is 6.89. The van der Waals surface area contributed by atoms with Gasteiger partial charge in [-0.25, -0.2) is 4.98 Å². The van der Waals surface area contributed by atoms with E-state index in [0.717, 1.165) is 16.3 Å². The molecule has 0 aliphatic carbocycles. The van der Waals surface area contributed by atoms with Gasteiger partial charge < -0.3 is 10.4 Å². The number of rotatable bonds is 6. The van der Waals surface area contributed by atoms with E-state index in [2.05, 4.69) is 10.3 Å². The van der Waals surface area contributed by atoms with Gasteiger partial charge in [-0.1, -0.05) is 11.6 Å². The second-order valence-electron chi connectivity index (χ2n) is 4.02. The van der Waals surface area contributed by atoms with Crippen LogP contribution in [-0.4, -0.2) is 27.0 Å². The number of hydrogen-bond donors (Lipinski definition) is 2. The van der Waals surface area contributed by atoms with Crippen molar-refractivity contribution in [3.63, 3.8) is 0 Å². The average Bonchev–Trinajstić information content (AvgIpc) is 2.79. The summed E-state index contributed by atoms with van der Waals surface area (Å²) in [5.74, 6) is -0.768. The molecule has 2 heterocycles. The molecule has 0 unspecified atom stereocenters. The van der Waals surface area contributed by atoms with Crippen LogP contribution in [0.2, 0.25) is 5.15 Å². The maximum atomic E-state index is 10.4. The van der Waals surface area contributed by atoms with Crippen molar-refractivity contribution in [3.8, 4) is 0 Å². The van der Waals surface area contributed by atoms with Gasteiger partial charge in [0.1, 0.15) is 0 Å². The molecule has 0 atom stereocenters. The number of nitrogens with one attached hydrogen (secondary N) is 1. The van der Waals surface area contributed by atoms with E-state index < -0.39 is 5.97 Å². The lowest BCUT2D eigenvalue weighted by Crippen LogP contribution is -2.17. The average molecular weight is 288 g/mol. The molecular weight excluding hydrogens is 274 g/mol. The number of halogens is 1. The van der Waals surface area contributed by atoms with Crippen molar-refractivity contribution in [2.24, 2.45) is 0 Å². The molecule has 0 fully saturated rings. The number of nitrogens with zero attached hydrogens (tertiary/aromatic N) is 2. The quantitative estimate of drug-likeness (QED) is 0.800. The number of imidazole rings is 1. The van der Waals surface area contributed by atoms with Crippen LogP contribution in [-0.2, 0) is 11.3 Å². The number of aryl methyl sites for hydroxylation is 1. The Kier molecular flexibility index (Phi) is 4.21. The lowest BCUT2D eigenvalue weighted by Gasteiger charge is -2.04. The molecule has 2 N–H and O–H groups in total. The second-order valence-corrected chi connectivity index (χ2v) is 5.21. The summed E-state index contributed by atoms with van der Waals surface area (Å²) in [7, 11) is 0. The molecule has 2 aromatic heterocycles. The van der Waals surface area contributed by atoms with Crippen LogP contribution in [0.25, 0.3) is 4.96 Å². The second kappa shape index (κ2) is 5.69. The third-order valence-electron chi connectivity index (χ3n) is 2.62. The van der Waals surface area contributed by atoms with Crippen molar-refractivity contribution in [3.05, 3.63) is 21.9 Å². The molecule has 0 saturated carbocycles. The fraction of sp³-hybridized carbons (Fsp3) is 0.455. The minimum Gasteiger partial charge on any atom is -0.481 e. The highest BCUT2D eigenvalue weighted by molar-refractivity contribution is 7.15. The molecule has 0 spiro atoms. The molecule has 18 heavy (non-hydrogen) atoms. The van der Waals surface area contributed by atoms with E-state index in [1.165, 1.54) is 0 Å². The van der Waals surface area contributed by atoms with E-state index in [-0.39, 0.29) is 6.42 Å². The van der Waals surface area contributed by atoms with Crippen LogP contribution < -0.4 is 5.32 Å². The molecular formula is C11H14ClN3O2S. The third kappa shape index (κ3) is 2.82. The predicted molar refractivity (Wildman–Crippen MR) is 71.4 cm³/mol. The first-order valence-electron chi connectivity index (χ1n) is 5.63. The van der Waals surface area contributed by atoms with Crippen LogP contribution in [0.5, 0.6) is 0 Å². The molecule has 2 aromatic rings. The highest BCUT2D eigenvalue weighted by Crippen LogP contribution is 2.23. The normalized spacial score (nSPS) is 11.2. The zero-order valence-electron chi connectivity index (χ0n) is 9.94. The monoisotopic (exact) mass is 287 g/mol. The fourth-order valence-electron chi connectivity index (χ4n) is 1.76. The number of carbonyl (C=O) groups is 1. The Hall–Kier alpha value is -1.11. The standard InChI is InChI=1S/C11H14ClN3O2S/c1-7-6-18-11-14-10(12)8(15(7)11)5-13-4-2-3-9(16)17/h6,13H,2-5H2,1H3,(H,16,17). The van der Waals surface area contributed by atoms with Crippen molar-refractivity contribution < 1.29 is 9.90 Å². The molecule has 0 amide bonds. The number of aromatic nitrogens is 2. The zero-order valence-corrected chi connectivity index (χ0v) is 11.5. The van der Waals surface area contributed by atoms with Gasteiger partial charge in [0.2, 0.25) is 0 Å². The molecule has 2 rings (SSSR count). The van der Waals surface area contributed by atoms with Gasteiger partial charge in [0.25, 0.3) is 0 Å². The SMILES string of the molecule is Cc1csc2nc(Cl)c(CNCCCC(=O)O)n12. The van der Waals surface area contributed by atoms with Crippen molar-refractivity contribution in [2.75, 3.05) is 6.54 Å². The molecule has 0 saturated heterocycles. The van der Waals surface area contributed by atoms with Gasteiger partial charge in [-0.3, -0.25) is 9.20 Å². The summed E-state index contributed by atoms with van der Waals surface area (Å²) in [6.07, 6.45) is 0.789. The highest BCUT2D eigenvalue weighted by Gasteiger charge is 2.12. The van der Waals surface area contributed by atoms with Gasteiger partial charge >= 0.3 is 5.97 Å². The van der Waals surface area contributed by atoms with Gasteiger partial charge in [-0.2, -0.15) is 0 Å². The topological polar surface area (TPSA) is 66.6 Å². The Morgan fingerprint density at radius 2 is 2.44 bits per heavy atom. The zero-order chi connectivity index (χ0) is 13.1. The molecule has 0 aliphatic rings. The van der Waals surface area contributed by atoms with Crippen LogP contribution in [0.1, 0.15) is 24.2 Å². The molecule has 0 bridgehead atoms. The van der Waals surface area contributed by atoms with E-state index in [1.54, 1.807) is 11.3 Å². The van der Waals surface area contributed by atoms with Crippen molar-refractivity contribution >= 4 is 33.9 Å². The largest absolute Gasteiger partial charge is 0.481 e. The first-order chi connectivity index (χ1) is 8.59. The Balaban J connectivity index is 1.96. The van der Waals surface area contributed by atoms with Gasteiger partial charge in [0.15, 0.2) is 10.1 Å². The summed E-state index contributed by atoms with van der Waals surface area (Å²) < 4.78 is 2.02. The Labute approximate surface area is 113 Å². The number of thiazole rings is 1. The minimum absolute atomic E-state index is 0.181. The van der Waals surface area contributed by atoms with E-state index in [0.29, 0.717) is 24.7 Å². The fourth-order valence-corrected chi connectivity index (χ4v) is 2.93. The number of carboxylic acids is 1. The molecule has 98 valence electrons. The Morgan fingerprint density at radius 1 is 1.67 bits per heavy atom. The summed E-state index contributed by atoms with van der Waals surface area (Å²) in [6.45, 7) is 3.26. The van der Waals surface area contributed by atoms with E-state index in [9.17, 15) is 4.79 Å². The molecule has 0 aromatic carbocycles. The molecule has 7 heteroatoms. The number of aliphatic carboxylic acids is 1. The van der Waals surface area contributed by atoms with E-state index in [4.69, 9.17) is 16.7 Å². The summed E-state index contributed by atoms with van der Waals surface area (Å²) in [5.41, 5.74) is 2.04. The van der Waals surface area contributed by atoms with Crippen LogP contribution in [0.3, 0.4) is 0 Å². The Morgan fingerprint density at radius 3 is 3.17 bits per heavy atom. The van der Waals surface area contributed by atoms with Crippen molar-refractivity contribution in [2.45, 2.75) is 26.3 Å². The van der Waals surface area contributed by atoms with E-state index >= 15 is 0 Å². The van der Waals surface area contributed by atoms with Gasteiger partial charge in [0.05, 0.1) is 5.69 Å². The van der Waals surface area contributed by atoms with Crippen LogP contribution >= 0.6 is 22.9 Å². The Bertz CT molecular complexity index is 564. The van der Waals surface area contributed by atoms with Gasteiger partial charge in [-0.15, -0.1) is 11.3 Å². The number of hydrogen-bond acceptors (Lipinski definition) is 4. The summed E-state index contributed by atoms with van der Waals surface area (Å²) in [6, 6.07) is 0. The number of fused-ring (bicyclic) bond motifs is 1. The lowest BCUT2D eigenvalue weighted by molar-refractivity contribution is -0.137. The van der Waals surface area contributed by atoms with Crippen molar-refractivity contribution in [1.82, 2.24) is 14.7 Å². The molecule has 0 aliphatic heterocycles. The lowest BCUT2D eigenvalue weighted by atomic mass is 10.3. The summed E-state index contributed by atoms with van der Waals surface area (Å²) >= 11 is 7.64. The van der Waals surface area contributed by atoms with E-state index in [1.807, 2.05) is 16.7 Å². The third-order valence-corrected chi connectivity index (χ3v) is 3.86. The smallest absolute Gasteiger partial charge is 0.303 e. The molecule has 0 radical (unpaired) electrons. The minimum atomic E-state index is -0.768. The van der Waals surface area contributed by atoms with Gasteiger partial charge in [0, 0.05) is 24.0 Å².